The Kier molecular flexibility index (Phi) is 7.71. The second-order valence-corrected chi connectivity index (χ2v) is 13.1. The molecule has 6 rings (SSSR count). The normalized spacial score (nSPS) is 18.2. The Morgan fingerprint density at radius 1 is 0.925 bits per heavy atom. The molecule has 4 aromatic rings. The molecule has 210 valence electrons. The number of sulfonamides is 1. The van der Waals surface area contributed by atoms with Crippen molar-refractivity contribution in [3.63, 3.8) is 0 Å². The van der Waals surface area contributed by atoms with Gasteiger partial charge in [-0.3, -0.25) is 0 Å². The Bertz CT molecular complexity index is 1630. The summed E-state index contributed by atoms with van der Waals surface area (Å²) in [6.45, 7) is 5.51. The number of hydrogen-bond donors (Lipinski definition) is 1. The molecule has 2 N–H and O–H groups in total. The third kappa shape index (κ3) is 4.95. The molecule has 1 fully saturated rings. The molecule has 1 aliphatic heterocycles. The Balaban J connectivity index is 1.24. The Labute approximate surface area is 237 Å². The van der Waals surface area contributed by atoms with E-state index in [1.54, 1.807) is 4.31 Å². The molecule has 1 saturated heterocycles. The van der Waals surface area contributed by atoms with Crippen LogP contribution in [0.4, 0.5) is 5.69 Å². The zero-order valence-corrected chi connectivity index (χ0v) is 24.1. The van der Waals surface area contributed by atoms with Crippen molar-refractivity contribution in [2.75, 3.05) is 37.7 Å². The van der Waals surface area contributed by atoms with Crippen LogP contribution in [0.2, 0.25) is 0 Å². The molecular weight excluding hydrogens is 518 g/mol. The average Bonchev–Trinajstić information content (AvgIpc) is 3.00. The molecule has 40 heavy (non-hydrogen) atoms. The van der Waals surface area contributed by atoms with Gasteiger partial charge in [-0.15, -0.1) is 0 Å². The summed E-state index contributed by atoms with van der Waals surface area (Å²) in [5.41, 5.74) is 10.3. The average molecular weight is 558 g/mol. The van der Waals surface area contributed by atoms with Crippen molar-refractivity contribution >= 4 is 37.3 Å². The highest BCUT2D eigenvalue weighted by molar-refractivity contribution is 7.89. The van der Waals surface area contributed by atoms with Gasteiger partial charge in [0.05, 0.1) is 6.61 Å². The molecule has 4 aromatic carbocycles. The minimum absolute atomic E-state index is 0.411. The second-order valence-electron chi connectivity index (χ2n) is 11.0. The number of hydrogen-bond acceptors (Lipinski definition) is 5. The molecule has 6 nitrogen and oxygen atoms in total. The van der Waals surface area contributed by atoms with Gasteiger partial charge in [-0.25, -0.2) is 8.42 Å². The van der Waals surface area contributed by atoms with Crippen LogP contribution >= 0.6 is 0 Å². The van der Waals surface area contributed by atoms with Crippen molar-refractivity contribution in [1.29, 1.82) is 0 Å². The summed E-state index contributed by atoms with van der Waals surface area (Å²) >= 11 is 0. The molecule has 0 saturated carbocycles. The van der Waals surface area contributed by atoms with Gasteiger partial charge in [0.25, 0.3) is 0 Å². The van der Waals surface area contributed by atoms with E-state index in [1.165, 1.54) is 16.3 Å². The lowest BCUT2D eigenvalue weighted by molar-refractivity contribution is 0.306. The molecule has 1 heterocycles. The lowest BCUT2D eigenvalue weighted by Gasteiger charge is -2.38. The predicted molar refractivity (Wildman–Crippen MR) is 165 cm³/mol. The van der Waals surface area contributed by atoms with Crippen molar-refractivity contribution in [2.24, 2.45) is 5.73 Å². The van der Waals surface area contributed by atoms with Gasteiger partial charge in [0.15, 0.2) is 0 Å². The van der Waals surface area contributed by atoms with Gasteiger partial charge in [-0.2, -0.15) is 4.31 Å². The van der Waals surface area contributed by atoms with E-state index in [0.717, 1.165) is 59.0 Å². The standard InChI is InChI=1S/C33H39N3O3S/c1-2-3-21-39-31-16-13-27(22-26(31)23-34)35-17-19-36(20-18-35)40(37,38)32-10-6-8-25-12-14-29-28-9-5-4-7-24(28)11-15-30(29)33(25)32/h4-5,7,9,11-16,22,32H,2-3,6,8,10,17-21,23,34H2,1H3. The number of anilines is 1. The Hall–Kier alpha value is -3.13. The van der Waals surface area contributed by atoms with E-state index in [-0.39, 0.29) is 0 Å². The lowest BCUT2D eigenvalue weighted by atomic mass is 9.86. The minimum Gasteiger partial charge on any atom is -0.493 e. The summed E-state index contributed by atoms with van der Waals surface area (Å²) in [7, 11) is -3.51. The highest BCUT2D eigenvalue weighted by Crippen LogP contribution is 2.43. The van der Waals surface area contributed by atoms with Gasteiger partial charge in [-0.1, -0.05) is 61.9 Å². The molecule has 0 radical (unpaired) electrons. The van der Waals surface area contributed by atoms with Crippen LogP contribution in [0, 0.1) is 0 Å². The molecule has 0 bridgehead atoms. The van der Waals surface area contributed by atoms with Gasteiger partial charge in [-0.05, 0) is 76.6 Å². The van der Waals surface area contributed by atoms with Crippen molar-refractivity contribution < 1.29 is 13.2 Å². The largest absolute Gasteiger partial charge is 0.493 e. The first-order valence-electron chi connectivity index (χ1n) is 14.6. The van der Waals surface area contributed by atoms with Crippen molar-refractivity contribution in [1.82, 2.24) is 4.31 Å². The molecule has 2 aliphatic rings. The number of unbranched alkanes of at least 4 members (excludes halogenated alkanes) is 1. The van der Waals surface area contributed by atoms with E-state index in [1.807, 2.05) is 12.1 Å². The topological polar surface area (TPSA) is 75.9 Å². The fourth-order valence-electron chi connectivity index (χ4n) is 6.45. The fraction of sp³-hybridized carbons (Fsp3) is 0.394. The van der Waals surface area contributed by atoms with Crippen molar-refractivity contribution in [3.8, 4) is 5.75 Å². The third-order valence-electron chi connectivity index (χ3n) is 8.64. The monoisotopic (exact) mass is 557 g/mol. The van der Waals surface area contributed by atoms with Crippen LogP contribution in [0.3, 0.4) is 0 Å². The predicted octanol–water partition coefficient (Wildman–Crippen LogP) is 6.16. The zero-order valence-electron chi connectivity index (χ0n) is 23.3. The summed E-state index contributed by atoms with van der Waals surface area (Å²) in [6, 6.07) is 23.1. The Morgan fingerprint density at radius 3 is 2.52 bits per heavy atom. The number of nitrogens with zero attached hydrogens (tertiary/aromatic N) is 2. The maximum atomic E-state index is 14.2. The van der Waals surface area contributed by atoms with Crippen LogP contribution in [-0.2, 0) is 23.0 Å². The van der Waals surface area contributed by atoms with E-state index in [2.05, 4.69) is 66.4 Å². The summed E-state index contributed by atoms with van der Waals surface area (Å²) in [4.78, 5) is 2.26. The summed E-state index contributed by atoms with van der Waals surface area (Å²) in [6.07, 6.45) is 4.59. The molecular formula is C33H39N3O3S. The van der Waals surface area contributed by atoms with Gasteiger partial charge in [0.1, 0.15) is 11.0 Å². The van der Waals surface area contributed by atoms with Gasteiger partial charge in [0.2, 0.25) is 10.0 Å². The first-order chi connectivity index (χ1) is 19.5. The second kappa shape index (κ2) is 11.4. The fourth-order valence-corrected chi connectivity index (χ4v) is 8.52. The maximum absolute atomic E-state index is 14.2. The summed E-state index contributed by atoms with van der Waals surface area (Å²) in [5, 5.41) is 4.08. The SMILES string of the molecule is CCCCOc1ccc(N2CCN(S(=O)(=O)C3CCCc4ccc5c(ccc6ccccc65)c43)CC2)cc1CN. The van der Waals surface area contributed by atoms with Crippen LogP contribution < -0.4 is 15.4 Å². The molecule has 0 aromatic heterocycles. The van der Waals surface area contributed by atoms with Crippen LogP contribution in [0.1, 0.15) is 54.5 Å². The Morgan fingerprint density at radius 2 is 1.73 bits per heavy atom. The van der Waals surface area contributed by atoms with Gasteiger partial charge in [0, 0.05) is 44.0 Å². The zero-order chi connectivity index (χ0) is 27.7. The quantitative estimate of drug-likeness (QED) is 0.207. The molecule has 0 amide bonds. The maximum Gasteiger partial charge on any atom is 0.221 e. The van der Waals surface area contributed by atoms with Crippen LogP contribution in [0.25, 0.3) is 21.5 Å². The number of fused-ring (bicyclic) bond motifs is 5. The van der Waals surface area contributed by atoms with E-state index in [9.17, 15) is 8.42 Å². The number of aryl methyl sites for hydroxylation is 1. The number of piperazine rings is 1. The molecule has 1 unspecified atom stereocenters. The smallest absolute Gasteiger partial charge is 0.221 e. The molecule has 1 atom stereocenters. The lowest BCUT2D eigenvalue weighted by Crippen LogP contribution is -2.50. The van der Waals surface area contributed by atoms with E-state index in [4.69, 9.17) is 10.5 Å². The highest BCUT2D eigenvalue weighted by Gasteiger charge is 2.38. The first-order valence-corrected chi connectivity index (χ1v) is 16.1. The first kappa shape index (κ1) is 27.1. The summed E-state index contributed by atoms with van der Waals surface area (Å²) in [5.74, 6) is 0.844. The van der Waals surface area contributed by atoms with Gasteiger partial charge < -0.3 is 15.4 Å². The molecule has 7 heteroatoms. The van der Waals surface area contributed by atoms with E-state index in [0.29, 0.717) is 45.8 Å². The van der Waals surface area contributed by atoms with Crippen LogP contribution in [-0.4, -0.2) is 45.5 Å². The number of rotatable bonds is 8. The summed E-state index contributed by atoms with van der Waals surface area (Å²) < 4.78 is 36.1. The van der Waals surface area contributed by atoms with Crippen molar-refractivity contribution in [3.05, 3.63) is 83.4 Å². The third-order valence-corrected chi connectivity index (χ3v) is 10.9. The van der Waals surface area contributed by atoms with Crippen LogP contribution in [0.15, 0.2) is 66.7 Å². The highest BCUT2D eigenvalue weighted by atomic mass is 32.2. The van der Waals surface area contributed by atoms with Crippen LogP contribution in [0.5, 0.6) is 5.75 Å². The number of benzene rings is 4. The molecule has 0 spiro atoms. The van der Waals surface area contributed by atoms with Crippen molar-refractivity contribution in [2.45, 2.75) is 50.8 Å². The minimum atomic E-state index is -3.51. The number of ether oxygens (including phenoxy) is 1. The van der Waals surface area contributed by atoms with E-state index < -0.39 is 15.3 Å². The molecule has 1 aliphatic carbocycles. The van der Waals surface area contributed by atoms with Gasteiger partial charge >= 0.3 is 0 Å². The number of nitrogens with two attached hydrogens (primary N) is 1. The van der Waals surface area contributed by atoms with E-state index >= 15 is 0 Å².